The van der Waals surface area contributed by atoms with Gasteiger partial charge in [-0.3, -0.25) is 4.90 Å². The van der Waals surface area contributed by atoms with Crippen molar-refractivity contribution >= 4 is 11.6 Å². The van der Waals surface area contributed by atoms with Crippen LogP contribution in [0.1, 0.15) is 24.0 Å². The molecule has 0 saturated carbocycles. The molecule has 1 aromatic carbocycles. The molecule has 0 N–H and O–H groups in total. The first kappa shape index (κ1) is 13.7. The van der Waals surface area contributed by atoms with Gasteiger partial charge in [-0.1, -0.05) is 12.1 Å². The van der Waals surface area contributed by atoms with Gasteiger partial charge in [-0.25, -0.2) is 0 Å². The molecule has 2 rings (SSSR count). The molecule has 0 unspecified atom stereocenters. The average Bonchev–Trinajstić information content (AvgIpc) is 2.32. The molecule has 0 amide bonds. The molecule has 100 valence electrons. The summed E-state index contributed by atoms with van der Waals surface area (Å²) in [6.45, 7) is 2.52. The van der Waals surface area contributed by atoms with Crippen LogP contribution < -0.4 is 0 Å². The largest absolute Gasteiger partial charge is 0.416 e. The van der Waals surface area contributed by atoms with E-state index in [1.165, 1.54) is 0 Å². The molecule has 1 aromatic rings. The molecule has 0 radical (unpaired) electrons. The Kier molecular flexibility index (Phi) is 4.17. The van der Waals surface area contributed by atoms with E-state index in [4.69, 9.17) is 11.6 Å². The lowest BCUT2D eigenvalue weighted by molar-refractivity contribution is -0.137. The van der Waals surface area contributed by atoms with Gasteiger partial charge >= 0.3 is 6.18 Å². The van der Waals surface area contributed by atoms with Crippen LogP contribution in [-0.4, -0.2) is 23.4 Å². The number of likely N-dealkylation sites (tertiary alicyclic amines) is 1. The smallest absolute Gasteiger partial charge is 0.299 e. The molecule has 18 heavy (non-hydrogen) atoms. The number of hydrogen-bond donors (Lipinski definition) is 0. The fraction of sp³-hybridized carbons (Fsp3) is 0.538. The zero-order valence-corrected chi connectivity index (χ0v) is 10.6. The maximum atomic E-state index is 12.4. The van der Waals surface area contributed by atoms with Crippen LogP contribution >= 0.6 is 11.6 Å². The highest BCUT2D eigenvalue weighted by Crippen LogP contribution is 2.29. The van der Waals surface area contributed by atoms with Gasteiger partial charge in [0.05, 0.1) is 5.56 Å². The minimum atomic E-state index is -4.25. The van der Waals surface area contributed by atoms with E-state index < -0.39 is 11.7 Å². The number of piperidine rings is 1. The van der Waals surface area contributed by atoms with E-state index >= 15 is 0 Å². The molecule has 1 aliphatic heterocycles. The molecule has 0 spiro atoms. The summed E-state index contributed by atoms with van der Waals surface area (Å²) in [6, 6.07) is 5.39. The van der Waals surface area contributed by atoms with E-state index in [1.807, 2.05) is 0 Å². The summed E-state index contributed by atoms with van der Waals surface area (Å²) in [5.41, 5.74) is 0.321. The quantitative estimate of drug-likeness (QED) is 0.741. The standard InChI is InChI=1S/C13H15ClF3N/c14-12-5-7-18(8-6-12)9-10-1-3-11(4-2-10)13(15,16)17/h1-4,12H,5-9H2. The molecule has 0 bridgehead atoms. The van der Waals surface area contributed by atoms with Crippen LogP contribution in [0, 0.1) is 0 Å². The number of benzene rings is 1. The van der Waals surface area contributed by atoms with Crippen molar-refractivity contribution in [3.63, 3.8) is 0 Å². The Bertz CT molecular complexity index is 380. The van der Waals surface area contributed by atoms with Crippen LogP contribution in [0.4, 0.5) is 13.2 Å². The third-order valence-corrected chi connectivity index (χ3v) is 3.64. The van der Waals surface area contributed by atoms with Crippen LogP contribution in [0.2, 0.25) is 0 Å². The highest BCUT2D eigenvalue weighted by molar-refractivity contribution is 6.20. The minimum absolute atomic E-state index is 0.244. The van der Waals surface area contributed by atoms with Gasteiger partial charge in [-0.2, -0.15) is 13.2 Å². The van der Waals surface area contributed by atoms with E-state index in [0.29, 0.717) is 6.54 Å². The van der Waals surface area contributed by atoms with Crippen LogP contribution in [0.3, 0.4) is 0 Å². The fourth-order valence-electron chi connectivity index (χ4n) is 2.12. The fourth-order valence-corrected chi connectivity index (χ4v) is 2.31. The van der Waals surface area contributed by atoms with Crippen molar-refractivity contribution in [2.75, 3.05) is 13.1 Å². The van der Waals surface area contributed by atoms with Gasteiger partial charge in [0.25, 0.3) is 0 Å². The molecule has 0 aliphatic carbocycles. The van der Waals surface area contributed by atoms with Crippen LogP contribution in [0.5, 0.6) is 0 Å². The summed E-state index contributed by atoms with van der Waals surface area (Å²) < 4.78 is 37.2. The van der Waals surface area contributed by atoms with Crippen LogP contribution in [0.25, 0.3) is 0 Å². The lowest BCUT2D eigenvalue weighted by Crippen LogP contribution is -2.33. The zero-order chi connectivity index (χ0) is 13.2. The highest BCUT2D eigenvalue weighted by atomic mass is 35.5. The lowest BCUT2D eigenvalue weighted by Gasteiger charge is -2.29. The van der Waals surface area contributed by atoms with Crippen molar-refractivity contribution in [2.24, 2.45) is 0 Å². The summed E-state index contributed by atoms with van der Waals surface area (Å²) >= 11 is 6.00. The molecule has 1 heterocycles. The third-order valence-electron chi connectivity index (χ3n) is 3.20. The summed E-state index contributed by atoms with van der Waals surface area (Å²) in [6.07, 6.45) is -2.36. The Hall–Kier alpha value is -0.740. The van der Waals surface area contributed by atoms with Crippen molar-refractivity contribution in [1.82, 2.24) is 4.90 Å². The third kappa shape index (κ3) is 3.62. The summed E-state index contributed by atoms with van der Waals surface area (Å²) in [4.78, 5) is 2.22. The molecule has 1 saturated heterocycles. The minimum Gasteiger partial charge on any atom is -0.299 e. The highest BCUT2D eigenvalue weighted by Gasteiger charge is 2.30. The lowest BCUT2D eigenvalue weighted by atomic mass is 10.1. The van der Waals surface area contributed by atoms with Crippen molar-refractivity contribution < 1.29 is 13.2 Å². The molecule has 5 heteroatoms. The van der Waals surface area contributed by atoms with Crippen molar-refractivity contribution in [2.45, 2.75) is 30.9 Å². The van der Waals surface area contributed by atoms with Crippen LogP contribution in [0.15, 0.2) is 24.3 Å². The van der Waals surface area contributed by atoms with Gasteiger partial charge in [-0.15, -0.1) is 11.6 Å². The number of nitrogens with zero attached hydrogens (tertiary/aromatic N) is 1. The molecular formula is C13H15ClF3N. The summed E-state index contributed by atoms with van der Waals surface area (Å²) in [5, 5.41) is 0.244. The number of halogens is 4. The summed E-state index contributed by atoms with van der Waals surface area (Å²) in [5.74, 6) is 0. The normalized spacial score (nSPS) is 19.1. The number of alkyl halides is 4. The van der Waals surface area contributed by atoms with E-state index in [2.05, 4.69) is 4.90 Å². The monoisotopic (exact) mass is 277 g/mol. The Morgan fingerprint density at radius 3 is 2.17 bits per heavy atom. The predicted octanol–water partition coefficient (Wildman–Crippen LogP) is 3.91. The second-order valence-corrected chi connectivity index (χ2v) is 5.26. The summed E-state index contributed by atoms with van der Waals surface area (Å²) in [7, 11) is 0. The van der Waals surface area contributed by atoms with E-state index in [9.17, 15) is 13.2 Å². The first-order valence-corrected chi connectivity index (χ1v) is 6.41. The van der Waals surface area contributed by atoms with Gasteiger partial charge in [0.1, 0.15) is 0 Å². The molecule has 1 aliphatic rings. The topological polar surface area (TPSA) is 3.24 Å². The Balaban J connectivity index is 1.94. The van der Waals surface area contributed by atoms with Gasteiger partial charge in [0, 0.05) is 11.9 Å². The van der Waals surface area contributed by atoms with Crippen molar-refractivity contribution in [3.05, 3.63) is 35.4 Å². The van der Waals surface area contributed by atoms with Crippen molar-refractivity contribution in [1.29, 1.82) is 0 Å². The molecule has 0 atom stereocenters. The first-order valence-electron chi connectivity index (χ1n) is 5.98. The number of hydrogen-bond acceptors (Lipinski definition) is 1. The van der Waals surface area contributed by atoms with Gasteiger partial charge in [0.2, 0.25) is 0 Å². The predicted molar refractivity (Wildman–Crippen MR) is 65.6 cm³/mol. The second-order valence-electron chi connectivity index (χ2n) is 4.65. The molecule has 1 nitrogen and oxygen atoms in total. The Morgan fingerprint density at radius 1 is 1.11 bits per heavy atom. The van der Waals surface area contributed by atoms with Gasteiger partial charge in [0.15, 0.2) is 0 Å². The Morgan fingerprint density at radius 2 is 1.67 bits per heavy atom. The SMILES string of the molecule is FC(F)(F)c1ccc(CN2CCC(Cl)CC2)cc1. The van der Waals surface area contributed by atoms with Crippen LogP contribution in [-0.2, 0) is 12.7 Å². The van der Waals surface area contributed by atoms with E-state index in [0.717, 1.165) is 43.6 Å². The van der Waals surface area contributed by atoms with Gasteiger partial charge in [-0.05, 0) is 43.6 Å². The van der Waals surface area contributed by atoms with Gasteiger partial charge < -0.3 is 0 Å². The number of rotatable bonds is 2. The first-order chi connectivity index (χ1) is 8.45. The van der Waals surface area contributed by atoms with E-state index in [-0.39, 0.29) is 5.38 Å². The maximum Gasteiger partial charge on any atom is 0.416 e. The Labute approximate surface area is 110 Å². The zero-order valence-electron chi connectivity index (χ0n) is 9.88. The average molecular weight is 278 g/mol. The molecule has 1 fully saturated rings. The van der Waals surface area contributed by atoms with E-state index in [1.54, 1.807) is 12.1 Å². The van der Waals surface area contributed by atoms with Crippen molar-refractivity contribution in [3.8, 4) is 0 Å². The second kappa shape index (κ2) is 5.49. The maximum absolute atomic E-state index is 12.4. The molecular weight excluding hydrogens is 263 g/mol. The molecule has 0 aromatic heterocycles.